The predicted octanol–water partition coefficient (Wildman–Crippen LogP) is 1.56. The molecule has 0 fully saturated rings. The van der Waals surface area contributed by atoms with Gasteiger partial charge in [-0.05, 0) is 17.7 Å². The van der Waals surface area contributed by atoms with Crippen molar-refractivity contribution in [1.29, 1.82) is 0 Å². The number of nitrogens with one attached hydrogen (secondary N) is 1. The van der Waals surface area contributed by atoms with Crippen LogP contribution in [-0.4, -0.2) is 36.2 Å². The highest BCUT2D eigenvalue weighted by atomic mass is 16.5. The molecule has 1 unspecified atom stereocenters. The van der Waals surface area contributed by atoms with Crippen molar-refractivity contribution in [2.45, 2.75) is 12.5 Å². The highest BCUT2D eigenvalue weighted by molar-refractivity contribution is 5.94. The normalized spacial score (nSPS) is 11.5. The topological polar surface area (TPSA) is 75.6 Å². The van der Waals surface area contributed by atoms with Crippen LogP contribution in [0.25, 0.3) is 0 Å². The highest BCUT2D eigenvalue weighted by Crippen LogP contribution is 2.04. The predicted molar refractivity (Wildman–Crippen MR) is 85.9 cm³/mol. The minimum Gasteiger partial charge on any atom is -0.462 e. The maximum Gasteiger partial charge on any atom is 0.335 e. The maximum atomic E-state index is 11.8. The average Bonchev–Trinajstić information content (AvgIpc) is 2.60. The minimum absolute atomic E-state index is 0.0171. The third-order valence-electron chi connectivity index (χ3n) is 3.21. The van der Waals surface area contributed by atoms with Gasteiger partial charge in [0.15, 0.2) is 6.10 Å². The first-order valence-corrected chi connectivity index (χ1v) is 7.38. The SMILES string of the molecule is O=C(NCCOC(=O)C(O)Cc1ccccc1)c1ccccc1. The molecule has 0 aliphatic rings. The van der Waals surface area contributed by atoms with E-state index in [1.165, 1.54) is 0 Å². The molecule has 0 aliphatic heterocycles. The van der Waals surface area contributed by atoms with Gasteiger partial charge in [-0.25, -0.2) is 4.79 Å². The van der Waals surface area contributed by atoms with Gasteiger partial charge in [0.2, 0.25) is 0 Å². The number of aliphatic hydroxyl groups is 1. The lowest BCUT2D eigenvalue weighted by molar-refractivity contribution is -0.153. The number of benzene rings is 2. The second-order valence-corrected chi connectivity index (χ2v) is 4.99. The van der Waals surface area contributed by atoms with Crippen LogP contribution in [0.4, 0.5) is 0 Å². The Balaban J connectivity index is 1.67. The van der Waals surface area contributed by atoms with Crippen molar-refractivity contribution in [2.75, 3.05) is 13.2 Å². The highest BCUT2D eigenvalue weighted by Gasteiger charge is 2.17. The summed E-state index contributed by atoms with van der Waals surface area (Å²) in [6, 6.07) is 18.0. The summed E-state index contributed by atoms with van der Waals surface area (Å²) in [5, 5.41) is 12.4. The fraction of sp³-hybridized carbons (Fsp3) is 0.222. The lowest BCUT2D eigenvalue weighted by atomic mass is 10.1. The van der Waals surface area contributed by atoms with E-state index < -0.39 is 12.1 Å². The molecule has 0 saturated carbocycles. The van der Waals surface area contributed by atoms with Gasteiger partial charge < -0.3 is 15.2 Å². The Morgan fingerprint density at radius 3 is 2.26 bits per heavy atom. The summed E-state index contributed by atoms with van der Waals surface area (Å²) in [5.74, 6) is -0.922. The molecule has 2 aromatic rings. The van der Waals surface area contributed by atoms with Crippen LogP contribution in [0, 0.1) is 0 Å². The lowest BCUT2D eigenvalue weighted by Gasteiger charge is -2.11. The summed E-state index contributed by atoms with van der Waals surface area (Å²) in [6.45, 7) is 0.209. The fourth-order valence-electron chi connectivity index (χ4n) is 2.02. The van der Waals surface area contributed by atoms with Gasteiger partial charge in [0, 0.05) is 12.0 Å². The molecule has 2 rings (SSSR count). The second-order valence-electron chi connectivity index (χ2n) is 4.99. The minimum atomic E-state index is -1.21. The molecule has 2 N–H and O–H groups in total. The number of carbonyl (C=O) groups is 2. The van der Waals surface area contributed by atoms with Gasteiger partial charge in [0.1, 0.15) is 6.61 Å². The third kappa shape index (κ3) is 5.56. The molecule has 1 atom stereocenters. The summed E-state index contributed by atoms with van der Waals surface area (Å²) in [4.78, 5) is 23.4. The Kier molecular flexibility index (Phi) is 6.32. The molecule has 0 saturated heterocycles. The first-order chi connectivity index (χ1) is 11.2. The van der Waals surface area contributed by atoms with E-state index >= 15 is 0 Å². The van der Waals surface area contributed by atoms with Crippen LogP contribution >= 0.6 is 0 Å². The molecular weight excluding hydrogens is 294 g/mol. The van der Waals surface area contributed by atoms with Gasteiger partial charge in [-0.1, -0.05) is 48.5 Å². The van der Waals surface area contributed by atoms with Gasteiger partial charge in [-0.2, -0.15) is 0 Å². The molecule has 0 radical (unpaired) electrons. The van der Waals surface area contributed by atoms with Crippen molar-refractivity contribution in [1.82, 2.24) is 5.32 Å². The van der Waals surface area contributed by atoms with Gasteiger partial charge in [-0.3, -0.25) is 4.79 Å². The van der Waals surface area contributed by atoms with E-state index in [0.717, 1.165) is 5.56 Å². The Hall–Kier alpha value is -2.66. The molecule has 23 heavy (non-hydrogen) atoms. The van der Waals surface area contributed by atoms with Crippen molar-refractivity contribution in [3.05, 3.63) is 71.8 Å². The van der Waals surface area contributed by atoms with Crippen LogP contribution in [0.2, 0.25) is 0 Å². The van der Waals surface area contributed by atoms with E-state index in [1.807, 2.05) is 36.4 Å². The lowest BCUT2D eigenvalue weighted by Crippen LogP contribution is -2.31. The van der Waals surface area contributed by atoms with Crippen LogP contribution in [0.5, 0.6) is 0 Å². The Bertz CT molecular complexity index is 628. The monoisotopic (exact) mass is 313 g/mol. The Morgan fingerprint density at radius 1 is 1.00 bits per heavy atom. The number of hydrogen-bond donors (Lipinski definition) is 2. The molecule has 0 bridgehead atoms. The summed E-state index contributed by atoms with van der Waals surface area (Å²) in [6.07, 6.45) is -1.00. The molecule has 5 nitrogen and oxygen atoms in total. The number of aliphatic hydroxyl groups excluding tert-OH is 1. The zero-order valence-corrected chi connectivity index (χ0v) is 12.6. The molecule has 0 aromatic heterocycles. The fourth-order valence-corrected chi connectivity index (χ4v) is 2.02. The molecule has 0 heterocycles. The van der Waals surface area contributed by atoms with Crippen LogP contribution in [0.3, 0.4) is 0 Å². The molecule has 2 aromatic carbocycles. The maximum absolute atomic E-state index is 11.8. The van der Waals surface area contributed by atoms with E-state index in [0.29, 0.717) is 5.56 Å². The van der Waals surface area contributed by atoms with Crippen LogP contribution in [0.15, 0.2) is 60.7 Å². The number of carbonyl (C=O) groups excluding carboxylic acids is 2. The number of rotatable bonds is 7. The number of esters is 1. The van der Waals surface area contributed by atoms with E-state index in [2.05, 4.69) is 5.32 Å². The van der Waals surface area contributed by atoms with Gasteiger partial charge in [0.25, 0.3) is 5.91 Å². The second kappa shape index (κ2) is 8.70. The zero-order chi connectivity index (χ0) is 16.5. The average molecular weight is 313 g/mol. The molecule has 120 valence electrons. The molecule has 5 heteroatoms. The summed E-state index contributed by atoms with van der Waals surface area (Å²) in [5.41, 5.74) is 1.40. The van der Waals surface area contributed by atoms with Crippen LogP contribution < -0.4 is 5.32 Å². The quantitative estimate of drug-likeness (QED) is 0.601. The van der Waals surface area contributed by atoms with Gasteiger partial charge in [-0.15, -0.1) is 0 Å². The van der Waals surface area contributed by atoms with E-state index in [9.17, 15) is 14.7 Å². The van der Waals surface area contributed by atoms with Crippen molar-refractivity contribution in [3.63, 3.8) is 0 Å². The smallest absolute Gasteiger partial charge is 0.335 e. The summed E-state index contributed by atoms with van der Waals surface area (Å²) >= 11 is 0. The standard InChI is InChI=1S/C18H19NO4/c20-16(13-14-7-3-1-4-8-14)18(22)23-12-11-19-17(21)15-9-5-2-6-10-15/h1-10,16,20H,11-13H2,(H,19,21). The molecule has 0 spiro atoms. The molecule has 0 aliphatic carbocycles. The third-order valence-corrected chi connectivity index (χ3v) is 3.21. The van der Waals surface area contributed by atoms with Gasteiger partial charge >= 0.3 is 5.97 Å². The van der Waals surface area contributed by atoms with Crippen molar-refractivity contribution < 1.29 is 19.4 Å². The van der Waals surface area contributed by atoms with Gasteiger partial charge in [0.05, 0.1) is 6.54 Å². The molecular formula is C18H19NO4. The first-order valence-electron chi connectivity index (χ1n) is 7.38. The zero-order valence-electron chi connectivity index (χ0n) is 12.6. The van der Waals surface area contributed by atoms with Crippen molar-refractivity contribution in [3.8, 4) is 0 Å². The Labute approximate surface area is 134 Å². The summed E-state index contributed by atoms with van der Waals surface area (Å²) in [7, 11) is 0. The number of amides is 1. The van der Waals surface area contributed by atoms with E-state index in [-0.39, 0.29) is 25.5 Å². The molecule has 1 amide bonds. The number of hydrogen-bond acceptors (Lipinski definition) is 4. The first kappa shape index (κ1) is 16.7. The van der Waals surface area contributed by atoms with Crippen molar-refractivity contribution in [2.24, 2.45) is 0 Å². The van der Waals surface area contributed by atoms with Crippen LogP contribution in [0.1, 0.15) is 15.9 Å². The largest absolute Gasteiger partial charge is 0.462 e. The van der Waals surface area contributed by atoms with E-state index in [1.54, 1.807) is 24.3 Å². The van der Waals surface area contributed by atoms with Crippen LogP contribution in [-0.2, 0) is 16.0 Å². The Morgan fingerprint density at radius 2 is 1.61 bits per heavy atom. The van der Waals surface area contributed by atoms with E-state index in [4.69, 9.17) is 4.74 Å². The summed E-state index contributed by atoms with van der Waals surface area (Å²) < 4.78 is 4.96. The number of ether oxygens (including phenoxy) is 1. The van der Waals surface area contributed by atoms with Crippen molar-refractivity contribution >= 4 is 11.9 Å².